The number of rotatable bonds is 5. The van der Waals surface area contributed by atoms with Gasteiger partial charge < -0.3 is 14.8 Å². The van der Waals surface area contributed by atoms with Crippen LogP contribution in [0.5, 0.6) is 0 Å². The lowest BCUT2D eigenvalue weighted by Crippen LogP contribution is -2.37. The number of hydrogen-bond donors (Lipinski definition) is 1. The summed E-state index contributed by atoms with van der Waals surface area (Å²) < 4.78 is 2.13. The van der Waals surface area contributed by atoms with Crippen molar-refractivity contribution in [2.75, 3.05) is 13.1 Å². The van der Waals surface area contributed by atoms with Gasteiger partial charge in [0.05, 0.1) is 17.0 Å². The number of hydrogen-bond acceptors (Lipinski definition) is 3. The molecule has 0 spiro atoms. The van der Waals surface area contributed by atoms with Crippen molar-refractivity contribution in [1.29, 1.82) is 0 Å². The van der Waals surface area contributed by atoms with Crippen LogP contribution in [0, 0.1) is 12.8 Å². The zero-order chi connectivity index (χ0) is 18.1. The third-order valence-corrected chi connectivity index (χ3v) is 5.77. The Labute approximate surface area is 153 Å². The van der Waals surface area contributed by atoms with Crippen LogP contribution >= 0.6 is 0 Å². The molecule has 2 aromatic rings. The first-order valence-electron chi connectivity index (χ1n) is 9.62. The standard InChI is InChI=1S/C20H26N4O2/c1-14-22-17-8-4-5-9-18(17)23(14)11-10-21-20(26)15-12-19(25)24(13-15)16-6-2-3-7-16/h4-5,8-9,15-16H,2-3,6-7,10-13H2,1H3,(H,21,26)/t15-/m1/s1. The highest BCUT2D eigenvalue weighted by molar-refractivity contribution is 5.89. The number of carbonyl (C=O) groups is 2. The highest BCUT2D eigenvalue weighted by Gasteiger charge is 2.38. The third-order valence-electron chi connectivity index (χ3n) is 5.77. The van der Waals surface area contributed by atoms with Crippen molar-refractivity contribution in [2.45, 2.75) is 51.6 Å². The molecule has 2 aliphatic rings. The number of amides is 2. The van der Waals surface area contributed by atoms with Crippen molar-refractivity contribution in [1.82, 2.24) is 19.8 Å². The van der Waals surface area contributed by atoms with Crippen molar-refractivity contribution in [2.24, 2.45) is 5.92 Å². The van der Waals surface area contributed by atoms with Crippen molar-refractivity contribution in [3.63, 3.8) is 0 Å². The molecule has 1 aliphatic carbocycles. The summed E-state index contributed by atoms with van der Waals surface area (Å²) in [6, 6.07) is 8.39. The normalized spacial score (nSPS) is 21.0. The lowest BCUT2D eigenvalue weighted by atomic mass is 10.1. The van der Waals surface area contributed by atoms with E-state index >= 15 is 0 Å². The van der Waals surface area contributed by atoms with Gasteiger partial charge in [-0.1, -0.05) is 25.0 Å². The van der Waals surface area contributed by atoms with Crippen LogP contribution in [0.15, 0.2) is 24.3 Å². The van der Waals surface area contributed by atoms with Crippen molar-refractivity contribution in [3.05, 3.63) is 30.1 Å². The molecule has 26 heavy (non-hydrogen) atoms. The maximum Gasteiger partial charge on any atom is 0.225 e. The van der Waals surface area contributed by atoms with Gasteiger partial charge in [0, 0.05) is 32.1 Å². The summed E-state index contributed by atoms with van der Waals surface area (Å²) in [5, 5.41) is 3.02. The molecule has 2 fully saturated rings. The third kappa shape index (κ3) is 3.20. The van der Waals surface area contributed by atoms with Crippen LogP contribution in [0.2, 0.25) is 0 Å². The molecule has 0 bridgehead atoms. The minimum absolute atomic E-state index is 0.000853. The van der Waals surface area contributed by atoms with Crippen LogP contribution in [0.1, 0.15) is 37.9 Å². The van der Waals surface area contributed by atoms with Gasteiger partial charge in [0.1, 0.15) is 5.82 Å². The van der Waals surface area contributed by atoms with Gasteiger partial charge in [0.15, 0.2) is 0 Å². The Balaban J connectivity index is 1.33. The molecule has 1 aromatic heterocycles. The zero-order valence-corrected chi connectivity index (χ0v) is 15.3. The summed E-state index contributed by atoms with van der Waals surface area (Å²) in [6.45, 7) is 3.80. The first kappa shape index (κ1) is 17.1. The lowest BCUT2D eigenvalue weighted by molar-refractivity contribution is -0.130. The van der Waals surface area contributed by atoms with E-state index in [9.17, 15) is 9.59 Å². The zero-order valence-electron chi connectivity index (χ0n) is 15.3. The molecule has 0 unspecified atom stereocenters. The van der Waals surface area contributed by atoms with Gasteiger partial charge in [-0.05, 0) is 31.9 Å². The largest absolute Gasteiger partial charge is 0.354 e. The molecule has 2 amide bonds. The summed E-state index contributed by atoms with van der Waals surface area (Å²) >= 11 is 0. The number of aromatic nitrogens is 2. The second-order valence-electron chi connectivity index (χ2n) is 7.48. The van der Waals surface area contributed by atoms with Crippen LogP contribution in [-0.2, 0) is 16.1 Å². The van der Waals surface area contributed by atoms with Crippen molar-refractivity contribution in [3.8, 4) is 0 Å². The predicted octanol–water partition coefficient (Wildman–Crippen LogP) is 2.25. The molecule has 6 heteroatoms. The topological polar surface area (TPSA) is 67.2 Å². The Morgan fingerprint density at radius 1 is 1.27 bits per heavy atom. The van der Waals surface area contributed by atoms with Crippen LogP contribution in [0.3, 0.4) is 0 Å². The molecule has 2 heterocycles. The molecule has 4 rings (SSSR count). The number of carbonyl (C=O) groups excluding carboxylic acids is 2. The quantitative estimate of drug-likeness (QED) is 0.895. The lowest BCUT2D eigenvalue weighted by Gasteiger charge is -2.23. The van der Waals surface area contributed by atoms with Gasteiger partial charge in [-0.15, -0.1) is 0 Å². The van der Waals surface area contributed by atoms with E-state index in [-0.39, 0.29) is 17.7 Å². The summed E-state index contributed by atoms with van der Waals surface area (Å²) in [5.41, 5.74) is 2.06. The summed E-state index contributed by atoms with van der Waals surface area (Å²) in [6.07, 6.45) is 4.93. The molecule has 1 aliphatic heterocycles. The Morgan fingerprint density at radius 2 is 2.04 bits per heavy atom. The van der Waals surface area contributed by atoms with E-state index in [0.29, 0.717) is 32.1 Å². The van der Waals surface area contributed by atoms with Crippen LogP contribution < -0.4 is 5.32 Å². The van der Waals surface area contributed by atoms with Crippen molar-refractivity contribution < 1.29 is 9.59 Å². The second-order valence-corrected chi connectivity index (χ2v) is 7.48. The van der Waals surface area contributed by atoms with E-state index in [1.165, 1.54) is 12.8 Å². The first-order valence-corrected chi connectivity index (χ1v) is 9.62. The van der Waals surface area contributed by atoms with Crippen molar-refractivity contribution >= 4 is 22.8 Å². The number of para-hydroxylation sites is 2. The highest BCUT2D eigenvalue weighted by atomic mass is 16.2. The number of nitrogens with zero attached hydrogens (tertiary/aromatic N) is 3. The van der Waals surface area contributed by atoms with Gasteiger partial charge in [0.25, 0.3) is 0 Å². The number of benzene rings is 1. The molecular formula is C20H26N4O2. The van der Waals surface area contributed by atoms with Gasteiger partial charge in [0.2, 0.25) is 11.8 Å². The molecule has 1 atom stereocenters. The molecule has 138 valence electrons. The fourth-order valence-corrected chi connectivity index (χ4v) is 4.39. The van der Waals surface area contributed by atoms with Gasteiger partial charge >= 0.3 is 0 Å². The van der Waals surface area contributed by atoms with Crippen LogP contribution in [0.25, 0.3) is 11.0 Å². The molecule has 1 saturated carbocycles. The van der Waals surface area contributed by atoms with E-state index in [4.69, 9.17) is 0 Å². The molecule has 1 aromatic carbocycles. The number of aryl methyl sites for hydroxylation is 1. The van der Waals surface area contributed by atoms with Crippen LogP contribution in [0.4, 0.5) is 0 Å². The SMILES string of the molecule is Cc1nc2ccccc2n1CCNC(=O)[C@@H]1CC(=O)N(C2CCCC2)C1. The fourth-order valence-electron chi connectivity index (χ4n) is 4.39. The van der Waals surface area contributed by atoms with Gasteiger partial charge in [-0.2, -0.15) is 0 Å². The molecule has 1 saturated heterocycles. The molecular weight excluding hydrogens is 328 g/mol. The summed E-state index contributed by atoms with van der Waals surface area (Å²) in [7, 11) is 0. The van der Waals surface area contributed by atoms with Gasteiger partial charge in [-0.3, -0.25) is 9.59 Å². The average Bonchev–Trinajstić information content (AvgIpc) is 3.34. The maximum atomic E-state index is 12.5. The highest BCUT2D eigenvalue weighted by Crippen LogP contribution is 2.29. The smallest absolute Gasteiger partial charge is 0.225 e. The minimum atomic E-state index is -0.205. The van der Waals surface area contributed by atoms with Crippen LogP contribution in [-0.4, -0.2) is 45.4 Å². The second kappa shape index (κ2) is 7.09. The molecule has 0 radical (unpaired) electrons. The summed E-state index contributed by atoms with van der Waals surface area (Å²) in [5.74, 6) is 0.891. The summed E-state index contributed by atoms with van der Waals surface area (Å²) in [4.78, 5) is 31.3. The monoisotopic (exact) mass is 354 g/mol. The minimum Gasteiger partial charge on any atom is -0.354 e. The number of fused-ring (bicyclic) bond motifs is 1. The number of imidazole rings is 1. The predicted molar refractivity (Wildman–Crippen MR) is 99.6 cm³/mol. The average molecular weight is 354 g/mol. The maximum absolute atomic E-state index is 12.5. The molecule has 1 N–H and O–H groups in total. The Kier molecular flexibility index (Phi) is 4.66. The van der Waals surface area contributed by atoms with E-state index in [1.807, 2.05) is 36.1 Å². The fraction of sp³-hybridized carbons (Fsp3) is 0.550. The van der Waals surface area contributed by atoms with E-state index < -0.39 is 0 Å². The number of nitrogens with one attached hydrogen (secondary N) is 1. The number of likely N-dealkylation sites (tertiary alicyclic amines) is 1. The Morgan fingerprint density at radius 3 is 2.85 bits per heavy atom. The van der Waals surface area contributed by atoms with E-state index in [1.54, 1.807) is 0 Å². The Bertz CT molecular complexity index is 822. The Hall–Kier alpha value is -2.37. The van der Waals surface area contributed by atoms with Gasteiger partial charge in [-0.25, -0.2) is 4.98 Å². The molecule has 6 nitrogen and oxygen atoms in total. The van der Waals surface area contributed by atoms with E-state index in [2.05, 4.69) is 14.9 Å². The first-order chi connectivity index (χ1) is 12.6. The van der Waals surface area contributed by atoms with E-state index in [0.717, 1.165) is 29.7 Å².